The Kier molecular flexibility index (Phi) is 2.32. The molecule has 0 spiro atoms. The molecule has 0 aromatic heterocycles. The zero-order chi connectivity index (χ0) is 10.3. The molecule has 14 heavy (non-hydrogen) atoms. The lowest BCUT2D eigenvalue weighted by atomic mass is 9.72. The number of hydrogen-bond donors (Lipinski definition) is 0. The fraction of sp³-hybridized carbons (Fsp3) is 0.917. The summed E-state index contributed by atoms with van der Waals surface area (Å²) in [5.74, 6) is 1.77. The molecule has 1 aliphatic heterocycles. The Balaban J connectivity index is 2.19. The van der Waals surface area contributed by atoms with Gasteiger partial charge in [0.1, 0.15) is 0 Å². The van der Waals surface area contributed by atoms with Gasteiger partial charge in [0.05, 0.1) is 0 Å². The molecule has 1 saturated heterocycles. The van der Waals surface area contributed by atoms with Crippen molar-refractivity contribution in [3.63, 3.8) is 0 Å². The molecule has 1 saturated carbocycles. The van der Waals surface area contributed by atoms with Gasteiger partial charge in [-0.1, -0.05) is 20.3 Å². The first-order valence-corrected chi connectivity index (χ1v) is 5.82. The van der Waals surface area contributed by atoms with E-state index in [-0.39, 0.29) is 5.91 Å². The van der Waals surface area contributed by atoms with Gasteiger partial charge in [-0.05, 0) is 30.1 Å². The maximum atomic E-state index is 11.4. The first kappa shape index (κ1) is 10.0. The highest BCUT2D eigenvalue weighted by atomic mass is 16.2. The Bertz CT molecular complexity index is 249. The van der Waals surface area contributed by atoms with E-state index in [1.54, 1.807) is 6.92 Å². The first-order chi connectivity index (χ1) is 6.56. The molecule has 0 aromatic carbocycles. The number of hydrogen-bond acceptors (Lipinski definition) is 1. The molecule has 1 unspecified atom stereocenters. The lowest BCUT2D eigenvalue weighted by Crippen LogP contribution is -2.33. The summed E-state index contributed by atoms with van der Waals surface area (Å²) in [5.41, 5.74) is 0.464. The second-order valence-corrected chi connectivity index (χ2v) is 5.38. The van der Waals surface area contributed by atoms with Crippen molar-refractivity contribution >= 4 is 5.91 Å². The molecule has 0 N–H and O–H groups in total. The molecule has 2 rings (SSSR count). The van der Waals surface area contributed by atoms with Crippen LogP contribution in [0.15, 0.2) is 0 Å². The smallest absolute Gasteiger partial charge is 0.219 e. The predicted octanol–water partition coefficient (Wildman–Crippen LogP) is 2.29. The minimum Gasteiger partial charge on any atom is -0.342 e. The summed E-state index contributed by atoms with van der Waals surface area (Å²) in [6.45, 7) is 8.39. The molecule has 2 heteroatoms. The zero-order valence-corrected chi connectivity index (χ0v) is 9.55. The average molecular weight is 195 g/mol. The Morgan fingerprint density at radius 1 is 1.50 bits per heavy atom. The largest absolute Gasteiger partial charge is 0.342 e. The number of nitrogens with zero attached hydrogens (tertiary/aromatic N) is 1. The highest BCUT2D eigenvalue weighted by Gasteiger charge is 2.51. The topological polar surface area (TPSA) is 20.3 Å². The van der Waals surface area contributed by atoms with E-state index in [2.05, 4.69) is 18.7 Å². The number of rotatable bonds is 1. The fourth-order valence-corrected chi connectivity index (χ4v) is 3.52. The van der Waals surface area contributed by atoms with E-state index in [0.717, 1.165) is 24.9 Å². The summed E-state index contributed by atoms with van der Waals surface area (Å²) in [4.78, 5) is 13.4. The van der Waals surface area contributed by atoms with Gasteiger partial charge in [0.2, 0.25) is 5.91 Å². The van der Waals surface area contributed by atoms with Crippen LogP contribution in [0.5, 0.6) is 0 Å². The molecule has 1 aliphatic carbocycles. The van der Waals surface area contributed by atoms with Crippen LogP contribution in [0.4, 0.5) is 0 Å². The normalized spacial score (nSPS) is 36.6. The summed E-state index contributed by atoms with van der Waals surface area (Å²) >= 11 is 0. The van der Waals surface area contributed by atoms with Gasteiger partial charge in [-0.15, -0.1) is 0 Å². The Hall–Kier alpha value is -0.530. The molecule has 0 bridgehead atoms. The molecule has 0 aromatic rings. The predicted molar refractivity (Wildman–Crippen MR) is 56.9 cm³/mol. The van der Waals surface area contributed by atoms with Crippen LogP contribution >= 0.6 is 0 Å². The van der Waals surface area contributed by atoms with Crippen LogP contribution in [0, 0.1) is 17.3 Å². The number of likely N-dealkylation sites (tertiary alicyclic amines) is 1. The SMILES string of the molecule is CC(=O)N1CC2CCC[C@]2(C(C)C)C1. The first-order valence-electron chi connectivity index (χ1n) is 5.82. The van der Waals surface area contributed by atoms with E-state index in [9.17, 15) is 4.79 Å². The van der Waals surface area contributed by atoms with Crippen molar-refractivity contribution in [3.8, 4) is 0 Å². The summed E-state index contributed by atoms with van der Waals surface area (Å²) in [6, 6.07) is 0. The molecule has 2 nitrogen and oxygen atoms in total. The van der Waals surface area contributed by atoms with E-state index < -0.39 is 0 Å². The molecular formula is C12H21NO. The summed E-state index contributed by atoms with van der Waals surface area (Å²) in [7, 11) is 0. The summed E-state index contributed by atoms with van der Waals surface area (Å²) in [5, 5.41) is 0. The van der Waals surface area contributed by atoms with Crippen molar-refractivity contribution in [2.45, 2.75) is 40.0 Å². The number of carbonyl (C=O) groups excluding carboxylic acids is 1. The van der Waals surface area contributed by atoms with Crippen molar-refractivity contribution in [2.24, 2.45) is 17.3 Å². The Morgan fingerprint density at radius 3 is 2.71 bits per heavy atom. The lowest BCUT2D eigenvalue weighted by molar-refractivity contribution is -0.128. The van der Waals surface area contributed by atoms with E-state index in [0.29, 0.717) is 5.41 Å². The monoisotopic (exact) mass is 195 g/mol. The lowest BCUT2D eigenvalue weighted by Gasteiger charge is -2.33. The maximum Gasteiger partial charge on any atom is 0.219 e. The standard InChI is InChI=1S/C12H21NO/c1-9(2)12-6-4-5-11(12)7-13(8-12)10(3)14/h9,11H,4-8H2,1-3H3/t11?,12-/m1/s1. The van der Waals surface area contributed by atoms with Crippen molar-refractivity contribution in [1.82, 2.24) is 4.90 Å². The number of fused-ring (bicyclic) bond motifs is 1. The van der Waals surface area contributed by atoms with Crippen LogP contribution in [0.2, 0.25) is 0 Å². The minimum absolute atomic E-state index is 0.263. The van der Waals surface area contributed by atoms with Crippen molar-refractivity contribution < 1.29 is 4.79 Å². The van der Waals surface area contributed by atoms with Crippen molar-refractivity contribution in [2.75, 3.05) is 13.1 Å². The highest BCUT2D eigenvalue weighted by molar-refractivity contribution is 5.73. The summed E-state index contributed by atoms with van der Waals surface area (Å²) < 4.78 is 0. The second-order valence-electron chi connectivity index (χ2n) is 5.38. The van der Waals surface area contributed by atoms with Crippen LogP contribution in [0.3, 0.4) is 0 Å². The van der Waals surface area contributed by atoms with Crippen LogP contribution in [0.1, 0.15) is 40.0 Å². The molecular weight excluding hydrogens is 174 g/mol. The van der Waals surface area contributed by atoms with Crippen LogP contribution in [-0.2, 0) is 4.79 Å². The van der Waals surface area contributed by atoms with Gasteiger partial charge >= 0.3 is 0 Å². The van der Waals surface area contributed by atoms with E-state index in [1.807, 2.05) is 0 Å². The van der Waals surface area contributed by atoms with Crippen molar-refractivity contribution in [1.29, 1.82) is 0 Å². The van der Waals surface area contributed by atoms with Gasteiger partial charge in [-0.3, -0.25) is 4.79 Å². The molecule has 2 atom stereocenters. The van der Waals surface area contributed by atoms with Gasteiger partial charge in [-0.25, -0.2) is 0 Å². The van der Waals surface area contributed by atoms with Gasteiger partial charge in [0.25, 0.3) is 0 Å². The van der Waals surface area contributed by atoms with Gasteiger partial charge in [0.15, 0.2) is 0 Å². The molecule has 2 aliphatic rings. The summed E-state index contributed by atoms with van der Waals surface area (Å²) in [6.07, 6.45) is 4.04. The molecule has 80 valence electrons. The van der Waals surface area contributed by atoms with E-state index in [1.165, 1.54) is 19.3 Å². The van der Waals surface area contributed by atoms with E-state index in [4.69, 9.17) is 0 Å². The van der Waals surface area contributed by atoms with E-state index >= 15 is 0 Å². The maximum absolute atomic E-state index is 11.4. The van der Waals surface area contributed by atoms with Gasteiger partial charge in [-0.2, -0.15) is 0 Å². The Morgan fingerprint density at radius 2 is 2.21 bits per heavy atom. The Labute approximate surface area is 86.7 Å². The van der Waals surface area contributed by atoms with Crippen molar-refractivity contribution in [3.05, 3.63) is 0 Å². The molecule has 1 heterocycles. The average Bonchev–Trinajstić information content (AvgIpc) is 2.57. The zero-order valence-electron chi connectivity index (χ0n) is 9.55. The minimum atomic E-state index is 0.263. The van der Waals surface area contributed by atoms with Crippen LogP contribution in [0.25, 0.3) is 0 Å². The fourth-order valence-electron chi connectivity index (χ4n) is 3.52. The van der Waals surface area contributed by atoms with Gasteiger partial charge < -0.3 is 4.90 Å². The number of carbonyl (C=O) groups is 1. The third-order valence-electron chi connectivity index (χ3n) is 4.53. The third kappa shape index (κ3) is 1.27. The quantitative estimate of drug-likeness (QED) is 0.628. The molecule has 0 radical (unpaired) electrons. The van der Waals surface area contributed by atoms with Crippen LogP contribution < -0.4 is 0 Å². The molecule has 2 fully saturated rings. The second kappa shape index (κ2) is 3.25. The highest BCUT2D eigenvalue weighted by Crippen LogP contribution is 2.53. The number of amides is 1. The molecule has 1 amide bonds. The third-order valence-corrected chi connectivity index (χ3v) is 4.53. The van der Waals surface area contributed by atoms with Crippen LogP contribution in [-0.4, -0.2) is 23.9 Å². The van der Waals surface area contributed by atoms with Gasteiger partial charge in [0, 0.05) is 20.0 Å².